The van der Waals surface area contributed by atoms with Gasteiger partial charge in [-0.1, -0.05) is 17.3 Å². The van der Waals surface area contributed by atoms with E-state index in [4.69, 9.17) is 4.52 Å². The SMILES string of the molecule is Cc1cc(-n2c(C)cc(-c3csc(CN4C(=O)c5ccccc5S4(=O)=O)n3)c2C)no1. The monoisotopic (exact) mass is 454 g/mol. The summed E-state index contributed by atoms with van der Waals surface area (Å²) < 4.78 is 33.7. The molecule has 4 heterocycles. The second-order valence-electron chi connectivity index (χ2n) is 7.36. The summed E-state index contributed by atoms with van der Waals surface area (Å²) >= 11 is 1.32. The lowest BCUT2D eigenvalue weighted by Gasteiger charge is -2.12. The van der Waals surface area contributed by atoms with Crippen LogP contribution in [0.2, 0.25) is 0 Å². The Labute approximate surface area is 182 Å². The van der Waals surface area contributed by atoms with Gasteiger partial charge < -0.3 is 4.52 Å². The van der Waals surface area contributed by atoms with Gasteiger partial charge in [-0.3, -0.25) is 9.36 Å². The lowest BCUT2D eigenvalue weighted by molar-refractivity contribution is 0.0865. The third-order valence-corrected chi connectivity index (χ3v) is 7.91. The first-order valence-corrected chi connectivity index (χ1v) is 11.8. The summed E-state index contributed by atoms with van der Waals surface area (Å²) in [5, 5.41) is 6.51. The maximum atomic E-state index is 12.8. The quantitative estimate of drug-likeness (QED) is 0.464. The molecule has 1 aliphatic rings. The minimum Gasteiger partial charge on any atom is -0.360 e. The Hall–Kier alpha value is -3.24. The smallest absolute Gasteiger partial charge is 0.269 e. The fraction of sp³-hybridized carbons (Fsp3) is 0.190. The van der Waals surface area contributed by atoms with E-state index in [0.29, 0.717) is 10.8 Å². The summed E-state index contributed by atoms with van der Waals surface area (Å²) in [6, 6.07) is 10.1. The zero-order chi connectivity index (χ0) is 21.9. The molecule has 3 aromatic heterocycles. The number of hydrogen-bond acceptors (Lipinski definition) is 7. The van der Waals surface area contributed by atoms with Crippen LogP contribution in [0, 0.1) is 20.8 Å². The Balaban J connectivity index is 1.47. The highest BCUT2D eigenvalue weighted by atomic mass is 32.2. The number of nitrogens with zero attached hydrogens (tertiary/aromatic N) is 4. The molecule has 8 nitrogen and oxygen atoms in total. The molecule has 4 aromatic rings. The molecule has 0 saturated heterocycles. The predicted octanol–water partition coefficient (Wildman–Crippen LogP) is 3.86. The van der Waals surface area contributed by atoms with Crippen molar-refractivity contribution < 1.29 is 17.7 Å². The second-order valence-corrected chi connectivity index (χ2v) is 10.1. The van der Waals surface area contributed by atoms with Crippen LogP contribution in [0.25, 0.3) is 17.1 Å². The summed E-state index contributed by atoms with van der Waals surface area (Å²) in [5.41, 5.74) is 3.76. The van der Waals surface area contributed by atoms with Crippen molar-refractivity contribution >= 4 is 27.3 Å². The number of benzene rings is 1. The van der Waals surface area contributed by atoms with Gasteiger partial charge in [0.05, 0.1) is 17.8 Å². The molecule has 0 fully saturated rings. The largest absolute Gasteiger partial charge is 0.360 e. The van der Waals surface area contributed by atoms with Crippen molar-refractivity contribution in [3.8, 4) is 17.1 Å². The number of fused-ring (bicyclic) bond motifs is 1. The van der Waals surface area contributed by atoms with Gasteiger partial charge >= 0.3 is 0 Å². The van der Waals surface area contributed by atoms with Crippen molar-refractivity contribution in [3.63, 3.8) is 0 Å². The van der Waals surface area contributed by atoms with Crippen molar-refractivity contribution in [2.24, 2.45) is 0 Å². The Morgan fingerprint density at radius 2 is 1.87 bits per heavy atom. The first-order valence-electron chi connectivity index (χ1n) is 9.51. The molecule has 0 atom stereocenters. The number of carbonyl (C=O) groups excluding carboxylic acids is 1. The van der Waals surface area contributed by atoms with E-state index < -0.39 is 15.9 Å². The number of aromatic nitrogens is 3. The van der Waals surface area contributed by atoms with Crippen LogP contribution in [0.4, 0.5) is 0 Å². The molecule has 10 heteroatoms. The zero-order valence-electron chi connectivity index (χ0n) is 17.0. The average Bonchev–Trinajstić information content (AvgIpc) is 3.47. The first-order chi connectivity index (χ1) is 14.8. The summed E-state index contributed by atoms with van der Waals surface area (Å²) in [6.07, 6.45) is 0. The number of rotatable bonds is 4. The number of amides is 1. The van der Waals surface area contributed by atoms with E-state index in [1.54, 1.807) is 12.1 Å². The Kier molecular flexibility index (Phi) is 4.38. The van der Waals surface area contributed by atoms with E-state index in [0.717, 1.165) is 32.7 Å². The molecule has 31 heavy (non-hydrogen) atoms. The van der Waals surface area contributed by atoms with Gasteiger partial charge in [-0.05, 0) is 39.0 Å². The van der Waals surface area contributed by atoms with Gasteiger partial charge in [0.15, 0.2) is 5.82 Å². The van der Waals surface area contributed by atoms with Gasteiger partial charge in [-0.15, -0.1) is 11.3 Å². The molecule has 0 aliphatic carbocycles. The maximum absolute atomic E-state index is 12.8. The summed E-state index contributed by atoms with van der Waals surface area (Å²) in [7, 11) is -3.87. The van der Waals surface area contributed by atoms with Crippen molar-refractivity contribution in [2.45, 2.75) is 32.2 Å². The lowest BCUT2D eigenvalue weighted by atomic mass is 10.2. The van der Waals surface area contributed by atoms with E-state index >= 15 is 0 Å². The maximum Gasteiger partial charge on any atom is 0.269 e. The summed E-state index contributed by atoms with van der Waals surface area (Å²) in [6.45, 7) is 5.68. The van der Waals surface area contributed by atoms with Gasteiger partial charge in [0, 0.05) is 28.4 Å². The normalized spacial score (nSPS) is 14.9. The van der Waals surface area contributed by atoms with Crippen LogP contribution in [0.1, 0.15) is 32.5 Å². The van der Waals surface area contributed by atoms with Crippen molar-refractivity contribution in [1.82, 2.24) is 19.0 Å². The minimum absolute atomic E-state index is 0.0447. The second kappa shape index (κ2) is 6.89. The highest BCUT2D eigenvalue weighted by Crippen LogP contribution is 2.34. The van der Waals surface area contributed by atoms with Crippen LogP contribution in [-0.2, 0) is 16.6 Å². The summed E-state index contributed by atoms with van der Waals surface area (Å²) in [5.74, 6) is 0.894. The van der Waals surface area contributed by atoms with Crippen molar-refractivity contribution in [2.75, 3.05) is 0 Å². The number of carbonyl (C=O) groups is 1. The molecular weight excluding hydrogens is 436 g/mol. The Bertz CT molecular complexity index is 1450. The zero-order valence-corrected chi connectivity index (χ0v) is 18.6. The molecule has 0 bridgehead atoms. The fourth-order valence-electron chi connectivity index (χ4n) is 3.85. The van der Waals surface area contributed by atoms with Crippen molar-refractivity contribution in [1.29, 1.82) is 0 Å². The first kappa shape index (κ1) is 19.7. The van der Waals surface area contributed by atoms with Gasteiger partial charge in [0.25, 0.3) is 15.9 Å². The minimum atomic E-state index is -3.87. The molecule has 1 amide bonds. The van der Waals surface area contributed by atoms with E-state index in [-0.39, 0.29) is 17.0 Å². The predicted molar refractivity (Wildman–Crippen MR) is 115 cm³/mol. The van der Waals surface area contributed by atoms with Gasteiger partial charge in [-0.2, -0.15) is 0 Å². The number of hydrogen-bond donors (Lipinski definition) is 0. The van der Waals surface area contributed by atoms with Gasteiger partial charge in [-0.25, -0.2) is 17.7 Å². The van der Waals surface area contributed by atoms with Crippen LogP contribution >= 0.6 is 11.3 Å². The molecule has 158 valence electrons. The molecule has 0 unspecified atom stereocenters. The number of aryl methyl sites for hydroxylation is 2. The highest BCUT2D eigenvalue weighted by Gasteiger charge is 2.41. The van der Waals surface area contributed by atoms with E-state index in [1.807, 2.05) is 42.9 Å². The third-order valence-electron chi connectivity index (χ3n) is 5.29. The Morgan fingerprint density at radius 3 is 2.58 bits per heavy atom. The lowest BCUT2D eigenvalue weighted by Crippen LogP contribution is -2.29. The van der Waals surface area contributed by atoms with E-state index in [9.17, 15) is 13.2 Å². The molecule has 0 N–H and O–H groups in total. The molecule has 0 saturated carbocycles. The molecule has 5 rings (SSSR count). The van der Waals surface area contributed by atoms with Crippen LogP contribution in [-0.4, -0.2) is 33.3 Å². The third kappa shape index (κ3) is 3.02. The van der Waals surface area contributed by atoms with Gasteiger partial charge in [0.2, 0.25) is 0 Å². The van der Waals surface area contributed by atoms with Crippen molar-refractivity contribution in [3.05, 3.63) is 69.5 Å². The molecule has 0 radical (unpaired) electrons. The number of sulfonamides is 1. The van der Waals surface area contributed by atoms with Gasteiger partial charge in [0.1, 0.15) is 15.7 Å². The standard InChI is InChI=1S/C21H18N4O4S2/c1-12-8-16(14(3)25(12)19-9-13(2)29-23-19)17-11-30-20(22-17)10-24-21(26)15-6-4-5-7-18(15)31(24,27)28/h4-9,11H,10H2,1-3H3. The van der Waals surface area contributed by atoms with E-state index in [1.165, 1.54) is 23.5 Å². The molecular formula is C21H18N4O4S2. The van der Waals surface area contributed by atoms with Crippen LogP contribution < -0.4 is 0 Å². The molecule has 1 aliphatic heterocycles. The average molecular weight is 455 g/mol. The van der Waals surface area contributed by atoms with Crippen LogP contribution in [0.3, 0.4) is 0 Å². The van der Waals surface area contributed by atoms with Crippen LogP contribution in [0.15, 0.2) is 51.2 Å². The van der Waals surface area contributed by atoms with Crippen LogP contribution in [0.5, 0.6) is 0 Å². The Morgan fingerprint density at radius 1 is 1.10 bits per heavy atom. The fourth-order valence-corrected chi connectivity index (χ4v) is 6.24. The number of thiazole rings is 1. The van der Waals surface area contributed by atoms with E-state index in [2.05, 4.69) is 10.1 Å². The molecule has 0 spiro atoms. The molecule has 1 aromatic carbocycles. The highest BCUT2D eigenvalue weighted by molar-refractivity contribution is 7.90. The topological polar surface area (TPSA) is 98.3 Å². The summed E-state index contributed by atoms with van der Waals surface area (Å²) in [4.78, 5) is 17.3.